The number of hydrogen-bond donors (Lipinski definition) is 0. The van der Waals surface area contributed by atoms with Gasteiger partial charge in [0.1, 0.15) is 0 Å². The summed E-state index contributed by atoms with van der Waals surface area (Å²) >= 11 is 7.30. The maximum absolute atomic E-state index is 5.93. The fourth-order valence-corrected chi connectivity index (χ4v) is 3.77. The Morgan fingerprint density at radius 2 is 1.58 bits per heavy atom. The van der Waals surface area contributed by atoms with Gasteiger partial charge >= 0.3 is 0 Å². The highest BCUT2D eigenvalue weighted by atomic mass is 79.9. The molecular formula is C14H22Br2O2Si. The van der Waals surface area contributed by atoms with Gasteiger partial charge in [-0.1, -0.05) is 56.1 Å². The molecule has 108 valence electrons. The maximum atomic E-state index is 5.93. The third-order valence-corrected chi connectivity index (χ3v) is 7.48. The van der Waals surface area contributed by atoms with Crippen LogP contribution in [-0.4, -0.2) is 28.9 Å². The van der Waals surface area contributed by atoms with E-state index in [4.69, 9.17) is 9.47 Å². The number of rotatable bonds is 7. The Morgan fingerprint density at radius 1 is 1.11 bits per heavy atom. The Hall–Kier alpha value is 0.317. The molecule has 1 rings (SSSR count). The van der Waals surface area contributed by atoms with Crippen molar-refractivity contribution in [2.24, 2.45) is 0 Å². The third kappa shape index (κ3) is 3.91. The first-order chi connectivity index (χ1) is 8.91. The minimum Gasteiger partial charge on any atom is -0.353 e. The van der Waals surface area contributed by atoms with E-state index in [1.54, 1.807) is 0 Å². The van der Waals surface area contributed by atoms with E-state index in [0.717, 1.165) is 15.6 Å². The first kappa shape index (κ1) is 17.4. The van der Waals surface area contributed by atoms with Gasteiger partial charge in [0.25, 0.3) is 0 Å². The van der Waals surface area contributed by atoms with Crippen molar-refractivity contribution in [3.05, 3.63) is 35.4 Å². The molecule has 0 aromatic heterocycles. The monoisotopic (exact) mass is 408 g/mol. The zero-order chi connectivity index (χ0) is 14.5. The van der Waals surface area contributed by atoms with Gasteiger partial charge in [0, 0.05) is 18.5 Å². The molecule has 1 aromatic rings. The van der Waals surface area contributed by atoms with Crippen LogP contribution in [0.15, 0.2) is 24.3 Å². The molecule has 0 fully saturated rings. The van der Waals surface area contributed by atoms with E-state index in [-0.39, 0.29) is 4.32 Å². The van der Waals surface area contributed by atoms with Crippen LogP contribution in [0.2, 0.25) is 0 Å². The first-order valence-electron chi connectivity index (χ1n) is 6.53. The zero-order valence-electron chi connectivity index (χ0n) is 12.0. The molecule has 0 aliphatic heterocycles. The third-order valence-electron chi connectivity index (χ3n) is 3.34. The van der Waals surface area contributed by atoms with Gasteiger partial charge in [0.05, 0.1) is 14.6 Å². The standard InChI is InChI=1S/C14H22Br2O2Si/c1-4-17-14(19,18-5-2)13(3,16)12-8-6-11(10-15)7-9-12/h6-9H,4-5,10H2,1-3,19H3. The summed E-state index contributed by atoms with van der Waals surface area (Å²) in [4.78, 5) is 0. The molecule has 0 heterocycles. The molecule has 2 nitrogen and oxygen atoms in total. The van der Waals surface area contributed by atoms with Crippen LogP contribution in [-0.2, 0) is 19.1 Å². The Bertz CT molecular complexity index is 387. The number of ether oxygens (including phenoxy) is 2. The van der Waals surface area contributed by atoms with Gasteiger partial charge in [0.2, 0.25) is 0 Å². The molecule has 0 spiro atoms. The molecular weight excluding hydrogens is 388 g/mol. The van der Waals surface area contributed by atoms with Gasteiger partial charge in [-0.3, -0.25) is 0 Å². The van der Waals surface area contributed by atoms with Crippen LogP contribution in [0.3, 0.4) is 0 Å². The molecule has 1 unspecified atom stereocenters. The lowest BCUT2D eigenvalue weighted by Gasteiger charge is -2.42. The maximum Gasteiger partial charge on any atom is 0.159 e. The lowest BCUT2D eigenvalue weighted by Crippen LogP contribution is -2.51. The predicted octanol–water partition coefficient (Wildman–Crippen LogP) is 3.28. The van der Waals surface area contributed by atoms with Crippen molar-refractivity contribution in [1.29, 1.82) is 0 Å². The number of hydrogen-bond acceptors (Lipinski definition) is 2. The summed E-state index contributed by atoms with van der Waals surface area (Å²) in [6, 6.07) is 8.53. The number of halogens is 2. The first-order valence-corrected chi connectivity index (χ1v) is 9.45. The van der Waals surface area contributed by atoms with Crippen molar-refractivity contribution in [3.8, 4) is 0 Å². The van der Waals surface area contributed by atoms with Crippen molar-refractivity contribution >= 4 is 42.1 Å². The molecule has 0 amide bonds. The normalized spacial score (nSPS) is 15.4. The summed E-state index contributed by atoms with van der Waals surface area (Å²) in [6.45, 7) is 7.41. The summed E-state index contributed by atoms with van der Waals surface area (Å²) in [6.07, 6.45) is 0. The topological polar surface area (TPSA) is 18.5 Å². The van der Waals surface area contributed by atoms with Gasteiger partial charge in [-0.05, 0) is 31.9 Å². The van der Waals surface area contributed by atoms with E-state index in [9.17, 15) is 0 Å². The zero-order valence-corrected chi connectivity index (χ0v) is 17.2. The SMILES string of the molecule is CCOC([SiH3])(OCC)C(C)(Br)c1ccc(CBr)cc1. The number of benzene rings is 1. The molecule has 0 radical (unpaired) electrons. The van der Waals surface area contributed by atoms with Crippen LogP contribution >= 0.6 is 31.9 Å². The average Bonchev–Trinajstić information content (AvgIpc) is 2.39. The highest BCUT2D eigenvalue weighted by molar-refractivity contribution is 9.09. The molecule has 0 aliphatic rings. The van der Waals surface area contributed by atoms with Gasteiger partial charge < -0.3 is 9.47 Å². The van der Waals surface area contributed by atoms with Crippen LogP contribution in [0, 0.1) is 0 Å². The molecule has 1 atom stereocenters. The largest absolute Gasteiger partial charge is 0.353 e. The summed E-state index contributed by atoms with van der Waals surface area (Å²) in [5.41, 5.74) is 1.87. The van der Waals surface area contributed by atoms with Gasteiger partial charge in [0.15, 0.2) is 5.41 Å². The summed E-state index contributed by atoms with van der Waals surface area (Å²) in [5, 5.41) is 0.870. The van der Waals surface area contributed by atoms with Crippen molar-refractivity contribution in [1.82, 2.24) is 0 Å². The van der Waals surface area contributed by atoms with Crippen molar-refractivity contribution < 1.29 is 9.47 Å². The number of alkyl halides is 2. The minimum atomic E-state index is -0.563. The molecule has 5 heteroatoms. The van der Waals surface area contributed by atoms with E-state index < -0.39 is 5.41 Å². The predicted molar refractivity (Wildman–Crippen MR) is 91.3 cm³/mol. The molecule has 19 heavy (non-hydrogen) atoms. The molecule has 0 saturated heterocycles. The quantitative estimate of drug-likeness (QED) is 0.390. The van der Waals surface area contributed by atoms with E-state index >= 15 is 0 Å². The fraction of sp³-hybridized carbons (Fsp3) is 0.571. The average molecular weight is 410 g/mol. The van der Waals surface area contributed by atoms with E-state index in [2.05, 4.69) is 63.0 Å². The molecule has 0 bridgehead atoms. The van der Waals surface area contributed by atoms with Gasteiger partial charge in [-0.15, -0.1) is 0 Å². The van der Waals surface area contributed by atoms with Crippen LogP contribution in [0.4, 0.5) is 0 Å². The van der Waals surface area contributed by atoms with E-state index in [0.29, 0.717) is 13.2 Å². The summed E-state index contributed by atoms with van der Waals surface area (Å²) in [7, 11) is 0.779. The molecule has 0 aliphatic carbocycles. The summed E-state index contributed by atoms with van der Waals surface area (Å²) < 4.78 is 11.5. The molecule has 1 aromatic carbocycles. The summed E-state index contributed by atoms with van der Waals surface area (Å²) in [5.74, 6) is 0. The highest BCUT2D eigenvalue weighted by Gasteiger charge is 2.45. The Balaban J connectivity index is 3.09. The second-order valence-corrected chi connectivity index (χ2v) is 8.11. The Kier molecular flexibility index (Phi) is 6.73. The van der Waals surface area contributed by atoms with E-state index in [1.165, 1.54) is 11.1 Å². The second kappa shape index (κ2) is 7.36. The minimum absolute atomic E-state index is 0.344. The smallest absolute Gasteiger partial charge is 0.159 e. The van der Waals surface area contributed by atoms with Crippen LogP contribution in [0.25, 0.3) is 0 Å². The fourth-order valence-electron chi connectivity index (χ4n) is 2.03. The second-order valence-electron chi connectivity index (χ2n) is 4.65. The molecule has 0 saturated carbocycles. The van der Waals surface area contributed by atoms with Crippen molar-refractivity contribution in [3.63, 3.8) is 0 Å². The van der Waals surface area contributed by atoms with Crippen LogP contribution in [0.5, 0.6) is 0 Å². The van der Waals surface area contributed by atoms with Crippen LogP contribution in [0.1, 0.15) is 31.9 Å². The lowest BCUT2D eigenvalue weighted by atomic mass is 9.98. The van der Waals surface area contributed by atoms with Gasteiger partial charge in [-0.25, -0.2) is 0 Å². The van der Waals surface area contributed by atoms with Crippen LogP contribution < -0.4 is 0 Å². The Labute approximate surface area is 135 Å². The van der Waals surface area contributed by atoms with E-state index in [1.807, 2.05) is 13.8 Å². The lowest BCUT2D eigenvalue weighted by molar-refractivity contribution is -0.191. The highest BCUT2D eigenvalue weighted by Crippen LogP contribution is 2.42. The van der Waals surface area contributed by atoms with Gasteiger partial charge in [-0.2, -0.15) is 0 Å². The van der Waals surface area contributed by atoms with Crippen molar-refractivity contribution in [2.45, 2.75) is 35.8 Å². The molecule has 0 N–H and O–H groups in total. The van der Waals surface area contributed by atoms with Crippen molar-refractivity contribution in [2.75, 3.05) is 13.2 Å². The Morgan fingerprint density at radius 3 is 1.95 bits per heavy atom.